The molecule has 0 amide bonds. The Hall–Kier alpha value is -1.45. The fraction of sp³-hybridized carbons (Fsp3) is 0.412. The number of hydrogen-bond donors (Lipinski definition) is 0. The number of halogens is 1. The summed E-state index contributed by atoms with van der Waals surface area (Å²) < 4.78 is 5.37. The molecule has 21 heavy (non-hydrogen) atoms. The van der Waals surface area contributed by atoms with Gasteiger partial charge in [-0.2, -0.15) is 0 Å². The Morgan fingerprint density at radius 3 is 2.81 bits per heavy atom. The van der Waals surface area contributed by atoms with E-state index >= 15 is 0 Å². The molecule has 1 aliphatic carbocycles. The fourth-order valence-corrected chi connectivity index (χ4v) is 2.76. The predicted molar refractivity (Wildman–Crippen MR) is 84.4 cm³/mol. The Balaban J connectivity index is 1.90. The minimum atomic E-state index is 0.395. The molecule has 1 aromatic carbocycles. The van der Waals surface area contributed by atoms with Crippen molar-refractivity contribution in [1.82, 2.24) is 9.97 Å². The van der Waals surface area contributed by atoms with Gasteiger partial charge in [0.05, 0.1) is 5.69 Å². The summed E-state index contributed by atoms with van der Waals surface area (Å²) in [5.74, 6) is 1.35. The Bertz CT molecular complexity index is 626. The van der Waals surface area contributed by atoms with Crippen molar-refractivity contribution in [3.05, 3.63) is 46.9 Å². The van der Waals surface area contributed by atoms with E-state index in [2.05, 4.69) is 34.2 Å². The number of rotatable bonds is 5. The summed E-state index contributed by atoms with van der Waals surface area (Å²) in [5, 5.41) is 0.462. The lowest BCUT2D eigenvalue weighted by Gasteiger charge is -2.26. The van der Waals surface area contributed by atoms with Crippen LogP contribution in [0.25, 0.3) is 11.3 Å². The second-order valence-electron chi connectivity index (χ2n) is 5.38. The molecule has 110 valence electrons. The van der Waals surface area contributed by atoms with Gasteiger partial charge in [0, 0.05) is 18.2 Å². The van der Waals surface area contributed by atoms with Gasteiger partial charge in [-0.3, -0.25) is 0 Å². The predicted octanol–water partition coefficient (Wildman–Crippen LogP) is 4.60. The van der Waals surface area contributed by atoms with Crippen LogP contribution < -0.4 is 0 Å². The van der Waals surface area contributed by atoms with Crippen molar-refractivity contribution >= 4 is 11.6 Å². The summed E-state index contributed by atoms with van der Waals surface area (Å²) in [6, 6.07) is 10.4. The van der Waals surface area contributed by atoms with E-state index < -0.39 is 0 Å². The van der Waals surface area contributed by atoms with E-state index in [1.54, 1.807) is 0 Å². The van der Waals surface area contributed by atoms with Gasteiger partial charge in [-0.1, -0.05) is 36.2 Å². The molecule has 0 atom stereocenters. The van der Waals surface area contributed by atoms with Crippen LogP contribution in [0, 0.1) is 0 Å². The normalized spacial score (nSPS) is 15.0. The summed E-state index contributed by atoms with van der Waals surface area (Å²) in [6.07, 6.45) is 3.93. The largest absolute Gasteiger partial charge is 0.374 e. The first-order valence-corrected chi connectivity index (χ1v) is 7.85. The SMILES string of the molecule is CCOCc1nc(Cl)cc(-c2cccc(C3CCC3)c2)n1. The highest BCUT2D eigenvalue weighted by molar-refractivity contribution is 6.29. The molecule has 0 N–H and O–H groups in total. The van der Waals surface area contributed by atoms with Gasteiger partial charge >= 0.3 is 0 Å². The Kier molecular flexibility index (Phi) is 4.51. The summed E-state index contributed by atoms with van der Waals surface area (Å²) in [4.78, 5) is 8.78. The van der Waals surface area contributed by atoms with Crippen LogP contribution in [0.2, 0.25) is 5.15 Å². The van der Waals surface area contributed by atoms with E-state index in [1.165, 1.54) is 24.8 Å². The molecule has 0 spiro atoms. The van der Waals surface area contributed by atoms with Crippen LogP contribution in [0.4, 0.5) is 0 Å². The first kappa shape index (κ1) is 14.5. The summed E-state index contributed by atoms with van der Waals surface area (Å²) in [7, 11) is 0. The molecule has 0 aliphatic heterocycles. The molecule has 0 radical (unpaired) electrons. The van der Waals surface area contributed by atoms with Crippen molar-refractivity contribution in [3.8, 4) is 11.3 Å². The molecule has 0 bridgehead atoms. The summed E-state index contributed by atoms with van der Waals surface area (Å²) in [5.41, 5.74) is 3.37. The molecular formula is C17H19ClN2O. The van der Waals surface area contributed by atoms with Gasteiger partial charge in [-0.05, 0) is 37.3 Å². The van der Waals surface area contributed by atoms with E-state index in [9.17, 15) is 0 Å². The Morgan fingerprint density at radius 2 is 2.10 bits per heavy atom. The summed E-state index contributed by atoms with van der Waals surface area (Å²) in [6.45, 7) is 2.99. The molecule has 1 aromatic heterocycles. The highest BCUT2D eigenvalue weighted by atomic mass is 35.5. The molecule has 2 aromatic rings. The number of nitrogens with zero attached hydrogens (tertiary/aromatic N) is 2. The number of benzene rings is 1. The molecule has 4 heteroatoms. The van der Waals surface area contributed by atoms with Crippen LogP contribution >= 0.6 is 11.6 Å². The van der Waals surface area contributed by atoms with Crippen molar-refractivity contribution in [2.45, 2.75) is 38.7 Å². The van der Waals surface area contributed by atoms with Crippen molar-refractivity contribution < 1.29 is 4.74 Å². The number of aromatic nitrogens is 2. The molecular weight excluding hydrogens is 284 g/mol. The van der Waals surface area contributed by atoms with Crippen LogP contribution in [0.1, 0.15) is 43.5 Å². The van der Waals surface area contributed by atoms with E-state index in [1.807, 2.05) is 13.0 Å². The fourth-order valence-electron chi connectivity index (χ4n) is 2.56. The second kappa shape index (κ2) is 6.54. The molecule has 3 nitrogen and oxygen atoms in total. The minimum Gasteiger partial charge on any atom is -0.374 e. The van der Waals surface area contributed by atoms with Crippen LogP contribution in [0.5, 0.6) is 0 Å². The molecule has 1 fully saturated rings. The zero-order valence-corrected chi connectivity index (χ0v) is 12.9. The van der Waals surface area contributed by atoms with Crippen LogP contribution in [-0.4, -0.2) is 16.6 Å². The molecule has 3 rings (SSSR count). The molecule has 1 heterocycles. The van der Waals surface area contributed by atoms with Gasteiger partial charge in [0.2, 0.25) is 0 Å². The first-order valence-electron chi connectivity index (χ1n) is 7.48. The quantitative estimate of drug-likeness (QED) is 0.757. The lowest BCUT2D eigenvalue weighted by Crippen LogP contribution is -2.08. The smallest absolute Gasteiger partial charge is 0.156 e. The Morgan fingerprint density at radius 1 is 1.24 bits per heavy atom. The van der Waals surface area contributed by atoms with Crippen molar-refractivity contribution in [3.63, 3.8) is 0 Å². The second-order valence-corrected chi connectivity index (χ2v) is 5.77. The molecule has 0 unspecified atom stereocenters. The van der Waals surface area contributed by atoms with Crippen molar-refractivity contribution in [2.24, 2.45) is 0 Å². The van der Waals surface area contributed by atoms with Gasteiger partial charge in [0.15, 0.2) is 5.82 Å². The zero-order valence-electron chi connectivity index (χ0n) is 12.2. The van der Waals surface area contributed by atoms with Crippen LogP contribution in [0.15, 0.2) is 30.3 Å². The van der Waals surface area contributed by atoms with Crippen LogP contribution in [-0.2, 0) is 11.3 Å². The lowest BCUT2D eigenvalue weighted by atomic mass is 9.79. The lowest BCUT2D eigenvalue weighted by molar-refractivity contribution is 0.128. The van der Waals surface area contributed by atoms with Crippen LogP contribution in [0.3, 0.4) is 0 Å². The van der Waals surface area contributed by atoms with Crippen molar-refractivity contribution in [2.75, 3.05) is 6.61 Å². The maximum Gasteiger partial charge on any atom is 0.156 e. The third-order valence-corrected chi connectivity index (χ3v) is 4.13. The van der Waals surface area contributed by atoms with E-state index in [-0.39, 0.29) is 0 Å². The van der Waals surface area contributed by atoms with Gasteiger partial charge in [0.25, 0.3) is 0 Å². The average Bonchev–Trinajstić information content (AvgIpc) is 2.43. The maximum absolute atomic E-state index is 6.11. The standard InChI is InChI=1S/C17H19ClN2O/c1-2-21-11-17-19-15(10-16(18)20-17)14-8-4-7-13(9-14)12-5-3-6-12/h4,7-10,12H,2-3,5-6,11H2,1H3. The highest BCUT2D eigenvalue weighted by Crippen LogP contribution is 2.37. The minimum absolute atomic E-state index is 0.395. The number of hydrogen-bond acceptors (Lipinski definition) is 3. The zero-order chi connectivity index (χ0) is 14.7. The van der Waals surface area contributed by atoms with Gasteiger partial charge < -0.3 is 4.74 Å². The van der Waals surface area contributed by atoms with Gasteiger partial charge in [-0.15, -0.1) is 0 Å². The van der Waals surface area contributed by atoms with E-state index in [0.29, 0.717) is 30.1 Å². The average molecular weight is 303 g/mol. The Labute approximate surface area is 130 Å². The van der Waals surface area contributed by atoms with Crippen molar-refractivity contribution in [1.29, 1.82) is 0 Å². The molecule has 0 saturated heterocycles. The highest BCUT2D eigenvalue weighted by Gasteiger charge is 2.19. The van der Waals surface area contributed by atoms with E-state index in [0.717, 1.165) is 11.3 Å². The first-order chi connectivity index (χ1) is 10.3. The topological polar surface area (TPSA) is 35.0 Å². The van der Waals surface area contributed by atoms with E-state index in [4.69, 9.17) is 16.3 Å². The molecule has 1 aliphatic rings. The monoisotopic (exact) mass is 302 g/mol. The number of ether oxygens (including phenoxy) is 1. The maximum atomic E-state index is 6.11. The van der Waals surface area contributed by atoms with Gasteiger partial charge in [-0.25, -0.2) is 9.97 Å². The van der Waals surface area contributed by atoms with Gasteiger partial charge in [0.1, 0.15) is 11.8 Å². The molecule has 1 saturated carbocycles. The summed E-state index contributed by atoms with van der Waals surface area (Å²) >= 11 is 6.11. The third-order valence-electron chi connectivity index (χ3n) is 3.94. The third kappa shape index (κ3) is 3.42.